The number of nitrogens with one attached hydrogen (secondary N) is 3. The van der Waals surface area contributed by atoms with Crippen LogP contribution >= 0.6 is 0 Å². The number of hydrogen-bond acceptors (Lipinski definition) is 4. The summed E-state index contributed by atoms with van der Waals surface area (Å²) in [7, 11) is -4.61. The molecule has 0 heterocycles. The van der Waals surface area contributed by atoms with Gasteiger partial charge in [-0.3, -0.25) is 5.43 Å². The number of hydrazine groups is 1. The summed E-state index contributed by atoms with van der Waals surface area (Å²) in [6, 6.07) is 3.98. The van der Waals surface area contributed by atoms with Crippen LogP contribution in [-0.2, 0) is 10.0 Å². The Balaban J connectivity index is 2.92. The molecule has 13 heteroatoms. The first-order chi connectivity index (χ1) is 11.1. The van der Waals surface area contributed by atoms with Crippen molar-refractivity contribution < 1.29 is 39.2 Å². The molecule has 0 atom stereocenters. The van der Waals surface area contributed by atoms with Crippen molar-refractivity contribution in [3.63, 3.8) is 0 Å². The fourth-order valence-corrected chi connectivity index (χ4v) is 2.43. The molecule has 0 saturated carbocycles. The van der Waals surface area contributed by atoms with Gasteiger partial charge in [0.05, 0.1) is 0 Å². The van der Waals surface area contributed by atoms with Crippen LogP contribution in [0.4, 0.5) is 30.7 Å². The molecule has 25 heavy (non-hydrogen) atoms. The maximum Gasteiger partial charge on any atom is 0.420 e. The normalized spacial score (nSPS) is 13.4. The summed E-state index contributed by atoms with van der Waals surface area (Å²) in [5.74, 6) is -2.33. The maximum absolute atomic E-state index is 13.4. The Labute approximate surface area is 137 Å². The van der Waals surface area contributed by atoms with Gasteiger partial charge in [-0.15, -0.1) is 4.83 Å². The second-order valence-corrected chi connectivity index (χ2v) is 6.54. The van der Waals surface area contributed by atoms with E-state index in [1.54, 1.807) is 0 Å². The molecule has 0 aromatic heterocycles. The van der Waals surface area contributed by atoms with Crippen LogP contribution in [0.1, 0.15) is 6.92 Å². The molecule has 0 radical (unpaired) electrons. The predicted octanol–water partition coefficient (Wildman–Crippen LogP) is 2.55. The Kier molecular flexibility index (Phi) is 5.64. The fourth-order valence-electron chi connectivity index (χ4n) is 1.48. The second kappa shape index (κ2) is 6.71. The minimum atomic E-state index is -5.76. The summed E-state index contributed by atoms with van der Waals surface area (Å²) < 4.78 is 113. The van der Waals surface area contributed by atoms with E-state index in [-0.39, 0.29) is 6.92 Å². The van der Waals surface area contributed by atoms with E-state index in [4.69, 9.17) is 0 Å². The molecule has 1 rings (SSSR count). The van der Waals surface area contributed by atoms with Crippen LogP contribution in [-0.4, -0.2) is 26.3 Å². The molecule has 0 aliphatic carbocycles. The highest BCUT2D eigenvalue weighted by Gasteiger charge is 2.68. The number of rotatable bonds is 6. The van der Waals surface area contributed by atoms with Gasteiger partial charge >= 0.3 is 12.4 Å². The molecule has 0 spiro atoms. The lowest BCUT2D eigenvalue weighted by Crippen LogP contribution is -2.65. The summed E-state index contributed by atoms with van der Waals surface area (Å²) >= 11 is 0. The van der Waals surface area contributed by atoms with Crippen molar-refractivity contribution in [2.45, 2.75) is 29.7 Å². The summed E-state index contributed by atoms with van der Waals surface area (Å²) in [5.41, 5.74) is -2.86. The first-order valence-electron chi connectivity index (χ1n) is 6.25. The number of halogens is 7. The van der Waals surface area contributed by atoms with Crippen LogP contribution in [0.2, 0.25) is 0 Å². The number of alkyl halides is 6. The van der Waals surface area contributed by atoms with Gasteiger partial charge in [0.15, 0.2) is 0 Å². The largest absolute Gasteiger partial charge is 0.420 e. The van der Waals surface area contributed by atoms with Gasteiger partial charge in [0.1, 0.15) is 16.5 Å². The lowest BCUT2D eigenvalue weighted by atomic mass is 10.0. The van der Waals surface area contributed by atoms with Gasteiger partial charge in [0, 0.05) is 0 Å². The smallest absolute Gasteiger partial charge is 0.350 e. The fraction of sp³-hybridized carbons (Fsp3) is 0.333. The molecule has 1 aromatic carbocycles. The van der Waals surface area contributed by atoms with Gasteiger partial charge in [-0.1, -0.05) is 18.7 Å². The maximum atomic E-state index is 13.4. The quantitative estimate of drug-likeness (QED) is 0.512. The highest BCUT2D eigenvalue weighted by Crippen LogP contribution is 2.42. The van der Waals surface area contributed by atoms with Crippen LogP contribution < -0.4 is 15.6 Å². The predicted molar refractivity (Wildman–Crippen MR) is 72.6 cm³/mol. The molecule has 1 aromatic rings. The first kappa shape index (κ1) is 21.0. The summed E-state index contributed by atoms with van der Waals surface area (Å²) in [6.07, 6.45) is -11.5. The molecule has 3 N–H and O–H groups in total. The lowest BCUT2D eigenvalue weighted by molar-refractivity contribution is -0.299. The van der Waals surface area contributed by atoms with Crippen molar-refractivity contribution in [3.05, 3.63) is 42.5 Å². The van der Waals surface area contributed by atoms with E-state index in [1.807, 2.05) is 0 Å². The van der Waals surface area contributed by atoms with Crippen LogP contribution in [0, 0.1) is 5.82 Å². The van der Waals surface area contributed by atoms with E-state index in [0.29, 0.717) is 0 Å². The molecule has 0 aliphatic rings. The third-order valence-corrected chi connectivity index (χ3v) is 4.28. The molecule has 0 bridgehead atoms. The van der Waals surface area contributed by atoms with Gasteiger partial charge in [0.25, 0.3) is 10.0 Å². The molecule has 0 amide bonds. The molecule has 0 aliphatic heterocycles. The summed E-state index contributed by atoms with van der Waals surface area (Å²) in [6.45, 7) is 2.65. The van der Waals surface area contributed by atoms with Crippen molar-refractivity contribution in [1.82, 2.24) is 15.6 Å². The van der Waals surface area contributed by atoms with E-state index >= 15 is 0 Å². The standard InChI is InChI=1S/C12H12F7N3O2S/c1-7(20-10(2,11(14,15)16)12(17,18)19)21-22-25(23,24)9-6-4-3-5-8(9)13/h3-6,20-22H,1H2,2H3. The minimum absolute atomic E-state index is 0.189. The third kappa shape index (κ3) is 4.54. The monoisotopic (exact) mass is 395 g/mol. The Morgan fingerprint density at radius 2 is 1.52 bits per heavy atom. The zero-order valence-corrected chi connectivity index (χ0v) is 13.2. The number of benzene rings is 1. The molecule has 0 saturated heterocycles. The van der Waals surface area contributed by atoms with Crippen LogP contribution in [0.15, 0.2) is 41.6 Å². The van der Waals surface area contributed by atoms with Gasteiger partial charge in [0.2, 0.25) is 5.54 Å². The van der Waals surface area contributed by atoms with E-state index in [1.165, 1.54) is 16.3 Å². The molecular weight excluding hydrogens is 383 g/mol. The number of hydrogen-bond donors (Lipinski definition) is 3. The van der Waals surface area contributed by atoms with Crippen molar-refractivity contribution in [1.29, 1.82) is 0 Å². The van der Waals surface area contributed by atoms with E-state index in [0.717, 1.165) is 23.5 Å². The highest BCUT2D eigenvalue weighted by atomic mass is 32.2. The van der Waals surface area contributed by atoms with Crippen molar-refractivity contribution in [2.24, 2.45) is 0 Å². The zero-order chi connectivity index (χ0) is 19.7. The SMILES string of the molecule is C=C(NNS(=O)(=O)c1ccccc1F)NC(C)(C(F)(F)F)C(F)(F)F. The van der Waals surface area contributed by atoms with Crippen molar-refractivity contribution >= 4 is 10.0 Å². The van der Waals surface area contributed by atoms with Crippen LogP contribution in [0.3, 0.4) is 0 Å². The van der Waals surface area contributed by atoms with E-state index < -0.39 is 44.4 Å². The Morgan fingerprint density at radius 1 is 1.04 bits per heavy atom. The third-order valence-electron chi connectivity index (χ3n) is 3.00. The van der Waals surface area contributed by atoms with E-state index in [9.17, 15) is 39.2 Å². The Hall–Kier alpha value is -2.02. The van der Waals surface area contributed by atoms with E-state index in [2.05, 4.69) is 6.58 Å². The topological polar surface area (TPSA) is 70.2 Å². The van der Waals surface area contributed by atoms with Gasteiger partial charge in [-0.2, -0.15) is 26.3 Å². The molecule has 5 nitrogen and oxygen atoms in total. The highest BCUT2D eigenvalue weighted by molar-refractivity contribution is 7.89. The van der Waals surface area contributed by atoms with Gasteiger partial charge in [-0.25, -0.2) is 12.8 Å². The summed E-state index contributed by atoms with van der Waals surface area (Å²) in [4.78, 5) is 0.556. The average molecular weight is 395 g/mol. The van der Waals surface area contributed by atoms with Crippen LogP contribution in [0.5, 0.6) is 0 Å². The van der Waals surface area contributed by atoms with Gasteiger partial charge in [-0.05, 0) is 19.1 Å². The van der Waals surface area contributed by atoms with Crippen LogP contribution in [0.25, 0.3) is 0 Å². The minimum Gasteiger partial charge on any atom is -0.350 e. The number of sulfonamides is 1. The zero-order valence-electron chi connectivity index (χ0n) is 12.4. The molecular formula is C12H12F7N3O2S. The second-order valence-electron chi connectivity index (χ2n) is 4.88. The van der Waals surface area contributed by atoms with Gasteiger partial charge < -0.3 is 5.32 Å². The Bertz CT molecular complexity index is 730. The molecule has 0 unspecified atom stereocenters. The molecule has 0 fully saturated rings. The Morgan fingerprint density at radius 3 is 1.96 bits per heavy atom. The summed E-state index contributed by atoms with van der Waals surface area (Å²) in [5, 5.41) is 1.04. The van der Waals surface area contributed by atoms with Crippen molar-refractivity contribution in [2.75, 3.05) is 0 Å². The molecule has 142 valence electrons. The average Bonchev–Trinajstić information content (AvgIpc) is 2.43. The first-order valence-corrected chi connectivity index (χ1v) is 7.73. The van der Waals surface area contributed by atoms with Crippen molar-refractivity contribution in [3.8, 4) is 0 Å². The lowest BCUT2D eigenvalue weighted by Gasteiger charge is -2.36.